The van der Waals surface area contributed by atoms with Gasteiger partial charge < -0.3 is 24.8 Å². The Kier molecular flexibility index (Phi) is 18.1. The monoisotopic (exact) mass is 382 g/mol. The Labute approximate surface area is 143 Å². The summed E-state index contributed by atoms with van der Waals surface area (Å²) < 4.78 is 0. The first-order chi connectivity index (χ1) is 6.72. The second-order valence-corrected chi connectivity index (χ2v) is 6.80. The van der Waals surface area contributed by atoms with E-state index >= 15 is 0 Å². The first-order valence-electron chi connectivity index (χ1n) is 4.90. The molecule has 0 fully saturated rings. The van der Waals surface area contributed by atoms with E-state index < -0.39 is 8.80 Å². The molecule has 0 aromatic rings. The minimum absolute atomic E-state index is 0. The molecule has 2 rings (SSSR count). The molecule has 0 saturated carbocycles. The van der Waals surface area contributed by atoms with Gasteiger partial charge in [0.1, 0.15) is 0 Å². The summed E-state index contributed by atoms with van der Waals surface area (Å²) in [7, 11) is -0.676. The first kappa shape index (κ1) is 23.1. The van der Waals surface area contributed by atoms with Gasteiger partial charge in [0.25, 0.3) is 0 Å². The van der Waals surface area contributed by atoms with Crippen molar-refractivity contribution in [3.05, 3.63) is 46.7 Å². The second-order valence-electron chi connectivity index (χ2n) is 3.50. The van der Waals surface area contributed by atoms with E-state index in [4.69, 9.17) is 11.6 Å². The van der Waals surface area contributed by atoms with Crippen LogP contribution < -0.4 is 24.8 Å². The third-order valence-corrected chi connectivity index (χ3v) is 4.21. The molecule has 5 heteroatoms. The molecule has 0 amide bonds. The van der Waals surface area contributed by atoms with E-state index in [0.717, 1.165) is 17.9 Å². The molecule has 2 aliphatic rings. The van der Waals surface area contributed by atoms with Gasteiger partial charge in [-0.2, -0.15) is 12.2 Å². The van der Waals surface area contributed by atoms with E-state index in [0.29, 0.717) is 0 Å². The van der Waals surface area contributed by atoms with Crippen LogP contribution in [0.15, 0.2) is 34.5 Å². The fourth-order valence-corrected chi connectivity index (χ4v) is 3.26. The molecule has 0 spiro atoms. The molecule has 0 heterocycles. The predicted octanol–water partition coefficient (Wildman–Crippen LogP) is -2.42. The number of rotatable bonds is 1. The van der Waals surface area contributed by atoms with Gasteiger partial charge in [0.2, 0.25) is 0 Å². The summed E-state index contributed by atoms with van der Waals surface area (Å²) in [6, 6.07) is 0. The molecule has 0 aliphatic heterocycles. The molecule has 0 N–H and O–H groups in total. The Hall–Kier alpha value is 0.930. The van der Waals surface area contributed by atoms with Crippen LogP contribution in [-0.2, 0) is 26.2 Å². The van der Waals surface area contributed by atoms with E-state index in [1.165, 1.54) is 5.20 Å². The summed E-state index contributed by atoms with van der Waals surface area (Å²) in [6.07, 6.45) is 16.2. The molecule has 0 aromatic heterocycles. The van der Waals surface area contributed by atoms with Gasteiger partial charge >= 0.3 is 26.2 Å². The van der Waals surface area contributed by atoms with Crippen LogP contribution in [0.4, 0.5) is 0 Å². The fourth-order valence-electron chi connectivity index (χ4n) is 1.27. The molecular formula is C12H15Cl3SiZr. The average molecular weight is 385 g/mol. The van der Waals surface area contributed by atoms with E-state index in [1.807, 2.05) is 18.2 Å². The summed E-state index contributed by atoms with van der Waals surface area (Å²) in [5.74, 6) is 0. The largest absolute Gasteiger partial charge is 4.00 e. The molecule has 17 heavy (non-hydrogen) atoms. The van der Waals surface area contributed by atoms with Crippen molar-refractivity contribution >= 4 is 20.4 Å². The maximum atomic E-state index is 5.87. The molecular weight excluding hydrogens is 370 g/mol. The van der Waals surface area contributed by atoms with Gasteiger partial charge in [0, 0.05) is 8.80 Å². The molecule has 92 valence electrons. The Morgan fingerprint density at radius 2 is 1.88 bits per heavy atom. The third-order valence-electron chi connectivity index (χ3n) is 1.99. The van der Waals surface area contributed by atoms with Crippen molar-refractivity contribution in [3.63, 3.8) is 0 Å². The number of halogens is 3. The molecule has 0 atom stereocenters. The second kappa shape index (κ2) is 13.4. The van der Waals surface area contributed by atoms with Crippen LogP contribution in [0.1, 0.15) is 12.8 Å². The Morgan fingerprint density at radius 3 is 2.06 bits per heavy atom. The normalized spacial score (nSPS) is 14.8. The topological polar surface area (TPSA) is 0 Å². The van der Waals surface area contributed by atoms with Crippen LogP contribution in [0.25, 0.3) is 0 Å². The molecule has 0 bridgehead atoms. The van der Waals surface area contributed by atoms with Crippen LogP contribution >= 0.6 is 11.6 Å². The van der Waals surface area contributed by atoms with Crippen LogP contribution in [0.3, 0.4) is 0 Å². The summed E-state index contributed by atoms with van der Waals surface area (Å²) in [5.41, 5.74) is 0. The number of hydrogen-bond acceptors (Lipinski definition) is 0. The molecule has 0 radical (unpaired) electrons. The Morgan fingerprint density at radius 1 is 1.24 bits per heavy atom. The van der Waals surface area contributed by atoms with E-state index in [9.17, 15) is 0 Å². The van der Waals surface area contributed by atoms with Gasteiger partial charge in [-0.05, 0) is 0 Å². The van der Waals surface area contributed by atoms with Crippen LogP contribution in [0.2, 0.25) is 13.1 Å². The maximum absolute atomic E-state index is 5.87. The van der Waals surface area contributed by atoms with Crippen LogP contribution in [0.5, 0.6) is 0 Å². The van der Waals surface area contributed by atoms with Gasteiger partial charge in [-0.3, -0.25) is 12.2 Å². The zero-order valence-electron chi connectivity index (χ0n) is 9.93. The van der Waals surface area contributed by atoms with Crippen molar-refractivity contribution in [3.8, 4) is 0 Å². The zero-order valence-corrected chi connectivity index (χ0v) is 15.8. The van der Waals surface area contributed by atoms with E-state index in [1.54, 1.807) is 0 Å². The fraction of sp³-hybridized carbons (Fsp3) is 0.333. The average Bonchev–Trinajstić information content (AvgIpc) is 2.74. The standard InChI is InChI=1S/C7H10ClSi.C5H5.2ClH.Zr/c1-9(2)7-5-3-4-6(7)8;1-2-4-5-3-1;;;/h4,9H,3H2,1-2H3;1-3H,4H2;2*1H;/q2*-1;;;+4/p-2. The molecule has 2 aliphatic carbocycles. The Bertz CT molecular complexity index is 297. The zero-order chi connectivity index (χ0) is 10.4. The molecule has 0 aromatic carbocycles. The summed E-state index contributed by atoms with van der Waals surface area (Å²) in [5, 5.41) is 2.27. The number of allylic oxidation sites excluding steroid dienone is 8. The van der Waals surface area contributed by atoms with Crippen LogP contribution in [0, 0.1) is 12.2 Å². The van der Waals surface area contributed by atoms with Gasteiger partial charge in [-0.1, -0.05) is 13.1 Å². The summed E-state index contributed by atoms with van der Waals surface area (Å²) in [6.45, 7) is 4.54. The minimum atomic E-state index is -0.676. The smallest absolute Gasteiger partial charge is 1.00 e. The van der Waals surface area contributed by atoms with Crippen molar-refractivity contribution < 1.29 is 51.0 Å². The summed E-state index contributed by atoms with van der Waals surface area (Å²) in [4.78, 5) is 0. The van der Waals surface area contributed by atoms with Crippen molar-refractivity contribution in [1.82, 2.24) is 0 Å². The van der Waals surface area contributed by atoms with E-state index in [2.05, 4.69) is 31.3 Å². The van der Waals surface area contributed by atoms with Gasteiger partial charge in [-0.25, -0.2) is 28.9 Å². The maximum Gasteiger partial charge on any atom is 4.00 e. The first-order valence-corrected chi connectivity index (χ1v) is 8.16. The van der Waals surface area contributed by atoms with E-state index in [-0.39, 0.29) is 51.0 Å². The SMILES string of the molecule is C[SiH](C)C1=[C-]CC=C1Cl.[C-]1=CC=CC1.[Cl-].[Cl-].[Zr+4]. The quantitative estimate of drug-likeness (QED) is 0.349. The Balaban J connectivity index is -0.000000216. The van der Waals surface area contributed by atoms with Crippen molar-refractivity contribution in [1.29, 1.82) is 0 Å². The molecule has 0 unspecified atom stereocenters. The molecule has 0 nitrogen and oxygen atoms in total. The minimum Gasteiger partial charge on any atom is -1.00 e. The van der Waals surface area contributed by atoms with Crippen molar-refractivity contribution in [2.45, 2.75) is 25.9 Å². The van der Waals surface area contributed by atoms with Crippen LogP contribution in [-0.4, -0.2) is 8.80 Å². The molecule has 0 saturated heterocycles. The van der Waals surface area contributed by atoms with Gasteiger partial charge in [0.15, 0.2) is 0 Å². The predicted molar refractivity (Wildman–Crippen MR) is 65.8 cm³/mol. The van der Waals surface area contributed by atoms with Crippen molar-refractivity contribution in [2.24, 2.45) is 0 Å². The third kappa shape index (κ3) is 9.50. The van der Waals surface area contributed by atoms with Gasteiger partial charge in [0.05, 0.1) is 0 Å². The summed E-state index contributed by atoms with van der Waals surface area (Å²) >= 11 is 5.87. The number of hydrogen-bond donors (Lipinski definition) is 0. The van der Waals surface area contributed by atoms with Gasteiger partial charge in [-0.15, -0.1) is 17.9 Å². The van der Waals surface area contributed by atoms with Crippen molar-refractivity contribution in [2.75, 3.05) is 0 Å².